The maximum Gasteiger partial charge on any atom is 0.159 e. The van der Waals surface area contributed by atoms with Crippen molar-refractivity contribution in [2.24, 2.45) is 0 Å². The maximum absolute atomic E-state index is 10.3. The SMILES string of the molecule is N#Cc1cccc2c(N(c3ccc4ccc5c(N(c6ccc(C#N)c7ccccc67)c6cccc7c6oc6ccccc67)ccc6ccc3c4c65)c3cccc4c3oc3ccccc34)cccc12. The molecule has 6 heteroatoms. The number of rotatable bonds is 6. The smallest absolute Gasteiger partial charge is 0.159 e. The maximum atomic E-state index is 10.3. The molecule has 0 saturated carbocycles. The minimum atomic E-state index is 0.618. The molecule has 0 radical (unpaired) electrons. The molecular weight excluding hydrogens is 833 g/mol. The predicted octanol–water partition coefficient (Wildman–Crippen LogP) is 17.4. The average molecular weight is 867 g/mol. The van der Waals surface area contributed by atoms with Crippen LogP contribution in [0.4, 0.5) is 34.1 Å². The van der Waals surface area contributed by atoms with Crippen LogP contribution in [0.3, 0.4) is 0 Å². The summed E-state index contributed by atoms with van der Waals surface area (Å²) < 4.78 is 13.6. The third kappa shape index (κ3) is 5.31. The van der Waals surface area contributed by atoms with Gasteiger partial charge in [-0.2, -0.15) is 10.5 Å². The van der Waals surface area contributed by atoms with Gasteiger partial charge >= 0.3 is 0 Å². The summed E-state index contributed by atoms with van der Waals surface area (Å²) in [4.78, 5) is 4.64. The van der Waals surface area contributed by atoms with Gasteiger partial charge in [-0.15, -0.1) is 0 Å². The van der Waals surface area contributed by atoms with Gasteiger partial charge in [0.25, 0.3) is 0 Å². The summed E-state index contributed by atoms with van der Waals surface area (Å²) in [5.41, 5.74) is 10.0. The van der Waals surface area contributed by atoms with Crippen LogP contribution in [0.25, 0.3) is 97.7 Å². The zero-order valence-corrected chi connectivity index (χ0v) is 36.2. The van der Waals surface area contributed by atoms with Gasteiger partial charge in [-0.25, -0.2) is 0 Å². The van der Waals surface area contributed by atoms with Crippen LogP contribution in [0.1, 0.15) is 11.1 Å². The fourth-order valence-corrected chi connectivity index (χ4v) is 10.9. The molecule has 68 heavy (non-hydrogen) atoms. The topological polar surface area (TPSA) is 80.3 Å². The first-order valence-electron chi connectivity index (χ1n) is 22.6. The number of hydrogen-bond acceptors (Lipinski definition) is 6. The number of para-hydroxylation sites is 4. The highest BCUT2D eigenvalue weighted by Crippen LogP contribution is 2.52. The van der Waals surface area contributed by atoms with E-state index in [1.807, 2.05) is 84.9 Å². The van der Waals surface area contributed by atoms with E-state index in [1.165, 1.54) is 0 Å². The summed E-state index contributed by atoms with van der Waals surface area (Å²) in [7, 11) is 0. The van der Waals surface area contributed by atoms with E-state index in [2.05, 4.69) is 143 Å². The van der Waals surface area contributed by atoms with Crippen molar-refractivity contribution in [1.82, 2.24) is 0 Å². The van der Waals surface area contributed by atoms with Gasteiger partial charge < -0.3 is 18.6 Å². The Kier molecular flexibility index (Phi) is 8.01. The lowest BCUT2D eigenvalue weighted by Gasteiger charge is -2.30. The Morgan fingerprint density at radius 3 is 1.19 bits per heavy atom. The molecule has 0 unspecified atom stereocenters. The van der Waals surface area contributed by atoms with Gasteiger partial charge in [0.2, 0.25) is 0 Å². The summed E-state index contributed by atoms with van der Waals surface area (Å²) in [6, 6.07) is 76.1. The van der Waals surface area contributed by atoms with Crippen LogP contribution in [0, 0.1) is 22.7 Å². The van der Waals surface area contributed by atoms with E-state index >= 15 is 0 Å². The predicted molar refractivity (Wildman–Crippen MR) is 279 cm³/mol. The number of furan rings is 2. The molecule has 0 atom stereocenters. The highest BCUT2D eigenvalue weighted by Gasteiger charge is 2.27. The summed E-state index contributed by atoms with van der Waals surface area (Å²) >= 11 is 0. The molecule has 2 heterocycles. The van der Waals surface area contributed by atoms with Gasteiger partial charge in [-0.1, -0.05) is 146 Å². The summed E-state index contributed by atoms with van der Waals surface area (Å²) in [6.07, 6.45) is 0. The molecule has 0 N–H and O–H groups in total. The van der Waals surface area contributed by atoms with Crippen LogP contribution in [-0.2, 0) is 0 Å². The van der Waals surface area contributed by atoms with Gasteiger partial charge in [0.05, 0.1) is 57.4 Å². The van der Waals surface area contributed by atoms with Gasteiger partial charge in [-0.05, 0) is 82.2 Å². The van der Waals surface area contributed by atoms with Crippen molar-refractivity contribution in [3.05, 3.63) is 217 Å². The van der Waals surface area contributed by atoms with Crippen molar-refractivity contribution in [1.29, 1.82) is 10.5 Å². The number of nitrogens with zero attached hydrogens (tertiary/aromatic N) is 4. The number of anilines is 6. The van der Waals surface area contributed by atoms with Gasteiger partial charge in [-0.3, -0.25) is 0 Å². The van der Waals surface area contributed by atoms with Crippen molar-refractivity contribution in [2.45, 2.75) is 0 Å². The van der Waals surface area contributed by atoms with Crippen LogP contribution in [0.5, 0.6) is 0 Å². The molecule has 14 aromatic rings. The molecule has 6 nitrogen and oxygen atoms in total. The van der Waals surface area contributed by atoms with E-state index in [0.717, 1.165) is 132 Å². The Labute approximate surface area is 388 Å². The normalized spacial score (nSPS) is 11.8. The molecule has 0 fully saturated rings. The van der Waals surface area contributed by atoms with Crippen molar-refractivity contribution >= 4 is 132 Å². The monoisotopic (exact) mass is 866 g/mol. The first kappa shape index (κ1) is 37.7. The van der Waals surface area contributed by atoms with Gasteiger partial charge in [0.1, 0.15) is 11.2 Å². The number of fused-ring (bicyclic) bond motifs is 8. The Bertz CT molecular complexity index is 4270. The molecular formula is C62H34N4O2. The molecule has 12 aromatic carbocycles. The molecule has 0 aliphatic heterocycles. The standard InChI is InChI=1S/C62H34N4O2/c63-35-39-11-7-17-44-42(39)16-8-20-51(44)65(55-21-9-18-47-45-14-3-5-23-57(45)67-61(47)55)53-32-27-37-26-31-50-54(33-28-38-25-30-49(53)59(37)60(38)50)66(52-34-29-40(36-64)41-12-1-2-13-43(41)52)56-22-10-19-48-46-15-4-6-24-58(46)68-62(48)56/h1-34H. The molecule has 0 spiro atoms. The van der Waals surface area contributed by atoms with Crippen molar-refractivity contribution in [3.8, 4) is 12.1 Å². The fourth-order valence-electron chi connectivity index (χ4n) is 10.9. The van der Waals surface area contributed by atoms with E-state index < -0.39 is 0 Å². The van der Waals surface area contributed by atoms with Crippen molar-refractivity contribution < 1.29 is 8.83 Å². The lowest BCUT2D eigenvalue weighted by atomic mass is 9.91. The first-order valence-corrected chi connectivity index (χ1v) is 22.6. The number of nitriles is 2. The van der Waals surface area contributed by atoms with Gasteiger partial charge in [0, 0.05) is 53.9 Å². The van der Waals surface area contributed by atoms with Crippen molar-refractivity contribution in [2.75, 3.05) is 9.80 Å². The van der Waals surface area contributed by atoms with E-state index in [0.29, 0.717) is 11.1 Å². The van der Waals surface area contributed by atoms with E-state index in [9.17, 15) is 10.5 Å². The Morgan fingerprint density at radius 1 is 0.279 bits per heavy atom. The van der Waals surface area contributed by atoms with E-state index in [-0.39, 0.29) is 0 Å². The first-order chi connectivity index (χ1) is 33.7. The minimum absolute atomic E-state index is 0.618. The second-order valence-corrected chi connectivity index (χ2v) is 17.3. The number of hydrogen-bond donors (Lipinski definition) is 0. The van der Waals surface area contributed by atoms with Crippen LogP contribution >= 0.6 is 0 Å². The zero-order valence-electron chi connectivity index (χ0n) is 36.2. The Balaban J connectivity index is 1.08. The van der Waals surface area contributed by atoms with E-state index in [4.69, 9.17) is 8.83 Å². The quantitative estimate of drug-likeness (QED) is 0.155. The third-order valence-electron chi connectivity index (χ3n) is 13.9. The highest BCUT2D eigenvalue weighted by atomic mass is 16.3. The largest absolute Gasteiger partial charge is 0.454 e. The summed E-state index contributed by atoms with van der Waals surface area (Å²) in [5.74, 6) is 0. The highest BCUT2D eigenvalue weighted by molar-refractivity contribution is 6.29. The lowest BCUT2D eigenvalue weighted by molar-refractivity contribution is 0.669. The van der Waals surface area contributed by atoms with Crippen LogP contribution in [0.15, 0.2) is 215 Å². The molecule has 0 saturated heterocycles. The van der Waals surface area contributed by atoms with Crippen molar-refractivity contribution in [3.63, 3.8) is 0 Å². The van der Waals surface area contributed by atoms with Crippen LogP contribution in [-0.4, -0.2) is 0 Å². The fraction of sp³-hybridized carbons (Fsp3) is 0. The third-order valence-corrected chi connectivity index (χ3v) is 13.9. The molecule has 314 valence electrons. The molecule has 0 amide bonds. The Morgan fingerprint density at radius 2 is 0.647 bits per heavy atom. The second-order valence-electron chi connectivity index (χ2n) is 17.3. The van der Waals surface area contributed by atoms with Gasteiger partial charge in [0.15, 0.2) is 11.2 Å². The molecule has 14 rings (SSSR count). The molecule has 0 bridgehead atoms. The van der Waals surface area contributed by atoms with Crippen LogP contribution < -0.4 is 9.80 Å². The molecule has 0 aliphatic carbocycles. The molecule has 2 aromatic heterocycles. The van der Waals surface area contributed by atoms with Crippen LogP contribution in [0.2, 0.25) is 0 Å². The summed E-state index contributed by atoms with van der Waals surface area (Å²) in [5, 5.41) is 35.0. The van der Waals surface area contributed by atoms with E-state index in [1.54, 1.807) is 0 Å². The number of benzene rings is 12. The lowest BCUT2D eigenvalue weighted by Crippen LogP contribution is -2.12. The Hall–Kier alpha value is -9.62. The average Bonchev–Trinajstić information content (AvgIpc) is 3.98. The molecule has 0 aliphatic rings. The summed E-state index contributed by atoms with van der Waals surface area (Å²) in [6.45, 7) is 0. The zero-order chi connectivity index (χ0) is 45.0. The second kappa shape index (κ2) is 14.4. The minimum Gasteiger partial charge on any atom is -0.454 e.